The molecule has 0 amide bonds. The number of nitrogens with zero attached hydrogens (tertiary/aromatic N) is 2. The summed E-state index contributed by atoms with van der Waals surface area (Å²) in [4.78, 5) is 3.99. The van der Waals surface area contributed by atoms with E-state index in [0.717, 1.165) is 18.7 Å². The van der Waals surface area contributed by atoms with Crippen LogP contribution in [0.3, 0.4) is 0 Å². The maximum Gasteiger partial charge on any atom is 0.0981 e. The molecular weight excluding hydrogens is 140 g/mol. The van der Waals surface area contributed by atoms with Crippen LogP contribution in [0.15, 0.2) is 12.5 Å². The molecule has 0 radical (unpaired) electrons. The summed E-state index contributed by atoms with van der Waals surface area (Å²) in [6.07, 6.45) is 4.26. The Hall–Kier alpha value is -0.830. The maximum absolute atomic E-state index is 9.66. The lowest BCUT2D eigenvalue weighted by molar-refractivity contribution is 0.0860. The quantitative estimate of drug-likeness (QED) is 0.601. The van der Waals surface area contributed by atoms with Crippen LogP contribution >= 0.6 is 0 Å². The molecule has 1 aromatic rings. The lowest BCUT2D eigenvalue weighted by Gasteiger charge is -2.25. The highest BCUT2D eigenvalue weighted by atomic mass is 16.3. The van der Waals surface area contributed by atoms with Crippen LogP contribution in [0.5, 0.6) is 0 Å². The summed E-state index contributed by atoms with van der Waals surface area (Å²) in [6, 6.07) is 0. The van der Waals surface area contributed by atoms with Gasteiger partial charge in [0.1, 0.15) is 0 Å². The van der Waals surface area contributed by atoms with E-state index in [1.54, 1.807) is 12.5 Å². The molecule has 60 valence electrons. The van der Waals surface area contributed by atoms with Gasteiger partial charge in [-0.3, -0.25) is 0 Å². The molecule has 2 rings (SSSR count). The molecule has 3 heteroatoms. The maximum atomic E-state index is 9.66. The van der Waals surface area contributed by atoms with Crippen LogP contribution in [-0.2, 0) is 6.54 Å². The molecule has 0 aliphatic carbocycles. The zero-order valence-electron chi connectivity index (χ0n) is 6.57. The topological polar surface area (TPSA) is 38.0 Å². The molecule has 1 aromatic heterocycles. The fourth-order valence-corrected chi connectivity index (χ4v) is 1.56. The Bertz CT molecular complexity index is 256. The summed E-state index contributed by atoms with van der Waals surface area (Å²) in [5.41, 5.74) is 0.962. The summed E-state index contributed by atoms with van der Waals surface area (Å²) in [7, 11) is 0. The van der Waals surface area contributed by atoms with E-state index < -0.39 is 0 Å². The van der Waals surface area contributed by atoms with E-state index in [1.807, 2.05) is 4.57 Å². The van der Waals surface area contributed by atoms with Crippen LogP contribution in [0.25, 0.3) is 0 Å². The number of imidazole rings is 1. The van der Waals surface area contributed by atoms with Gasteiger partial charge in [-0.15, -0.1) is 0 Å². The number of aliphatic hydroxyl groups excluding tert-OH is 1. The minimum atomic E-state index is -0.314. The predicted molar refractivity (Wildman–Crippen MR) is 41.0 cm³/mol. The van der Waals surface area contributed by atoms with Gasteiger partial charge in [-0.25, -0.2) is 4.98 Å². The van der Waals surface area contributed by atoms with E-state index >= 15 is 0 Å². The van der Waals surface area contributed by atoms with Crippen molar-refractivity contribution in [2.45, 2.75) is 26.0 Å². The van der Waals surface area contributed by atoms with Gasteiger partial charge in [0.15, 0.2) is 0 Å². The first-order chi connectivity index (χ1) is 5.29. The second-order valence-corrected chi connectivity index (χ2v) is 3.22. The van der Waals surface area contributed by atoms with Crippen LogP contribution < -0.4 is 0 Å². The van der Waals surface area contributed by atoms with Crippen molar-refractivity contribution in [3.05, 3.63) is 18.2 Å². The third-order valence-electron chi connectivity index (χ3n) is 2.41. The number of hydrogen-bond donors (Lipinski definition) is 1. The molecule has 1 aliphatic rings. The zero-order chi connectivity index (χ0) is 7.84. The van der Waals surface area contributed by atoms with Crippen LogP contribution in [0.1, 0.15) is 25.1 Å². The SMILES string of the molecule is CC1CCn2cncc2C1O. The number of aliphatic hydroxyl groups is 1. The minimum Gasteiger partial charge on any atom is -0.387 e. The third-order valence-corrected chi connectivity index (χ3v) is 2.41. The van der Waals surface area contributed by atoms with E-state index in [1.165, 1.54) is 0 Å². The number of aromatic nitrogens is 2. The summed E-state index contributed by atoms with van der Waals surface area (Å²) in [5.74, 6) is 0.374. The van der Waals surface area contributed by atoms with Crippen molar-refractivity contribution in [1.82, 2.24) is 9.55 Å². The second kappa shape index (κ2) is 2.34. The van der Waals surface area contributed by atoms with Gasteiger partial charge in [0.25, 0.3) is 0 Å². The van der Waals surface area contributed by atoms with Gasteiger partial charge in [-0.05, 0) is 12.3 Å². The molecule has 0 fully saturated rings. The van der Waals surface area contributed by atoms with Crippen LogP contribution in [0.4, 0.5) is 0 Å². The standard InChI is InChI=1S/C8H12N2O/c1-6-2-3-10-5-9-4-7(10)8(6)11/h4-6,8,11H,2-3H2,1H3. The normalized spacial score (nSPS) is 30.0. The molecule has 0 saturated heterocycles. The Morgan fingerprint density at radius 1 is 1.73 bits per heavy atom. The highest BCUT2D eigenvalue weighted by molar-refractivity contribution is 5.06. The second-order valence-electron chi connectivity index (χ2n) is 3.22. The molecule has 2 unspecified atom stereocenters. The van der Waals surface area contributed by atoms with Crippen molar-refractivity contribution < 1.29 is 5.11 Å². The molecule has 1 aliphatic heterocycles. The van der Waals surface area contributed by atoms with Gasteiger partial charge in [-0.1, -0.05) is 6.92 Å². The van der Waals surface area contributed by atoms with Crippen LogP contribution in [-0.4, -0.2) is 14.7 Å². The van der Waals surface area contributed by atoms with Crippen molar-refractivity contribution in [3.8, 4) is 0 Å². The van der Waals surface area contributed by atoms with Gasteiger partial charge in [0.05, 0.1) is 24.3 Å². The monoisotopic (exact) mass is 152 g/mol. The van der Waals surface area contributed by atoms with E-state index in [-0.39, 0.29) is 6.10 Å². The fourth-order valence-electron chi connectivity index (χ4n) is 1.56. The van der Waals surface area contributed by atoms with Gasteiger partial charge in [0, 0.05) is 6.54 Å². The number of aryl methyl sites for hydroxylation is 1. The molecule has 2 atom stereocenters. The third kappa shape index (κ3) is 0.959. The number of rotatable bonds is 0. The van der Waals surface area contributed by atoms with E-state index in [2.05, 4.69) is 11.9 Å². The average molecular weight is 152 g/mol. The van der Waals surface area contributed by atoms with E-state index in [0.29, 0.717) is 5.92 Å². The van der Waals surface area contributed by atoms with Gasteiger partial charge in [-0.2, -0.15) is 0 Å². The van der Waals surface area contributed by atoms with Crippen molar-refractivity contribution in [1.29, 1.82) is 0 Å². The average Bonchev–Trinajstić information content (AvgIpc) is 2.45. The van der Waals surface area contributed by atoms with Gasteiger partial charge >= 0.3 is 0 Å². The molecular formula is C8H12N2O. The Balaban J connectivity index is 2.38. The lowest BCUT2D eigenvalue weighted by atomic mass is 9.95. The molecule has 11 heavy (non-hydrogen) atoms. The molecule has 3 nitrogen and oxygen atoms in total. The number of hydrogen-bond acceptors (Lipinski definition) is 2. The molecule has 0 aromatic carbocycles. The van der Waals surface area contributed by atoms with E-state index in [4.69, 9.17) is 0 Å². The fraction of sp³-hybridized carbons (Fsp3) is 0.625. The first-order valence-electron chi connectivity index (χ1n) is 3.97. The Kier molecular flexibility index (Phi) is 1.46. The molecule has 2 heterocycles. The van der Waals surface area contributed by atoms with Crippen LogP contribution in [0, 0.1) is 5.92 Å². The minimum absolute atomic E-state index is 0.314. The largest absolute Gasteiger partial charge is 0.387 e. The molecule has 1 N–H and O–H groups in total. The zero-order valence-corrected chi connectivity index (χ0v) is 6.57. The highest BCUT2D eigenvalue weighted by Crippen LogP contribution is 2.28. The summed E-state index contributed by atoms with van der Waals surface area (Å²) < 4.78 is 2.02. The van der Waals surface area contributed by atoms with Crippen LogP contribution in [0.2, 0.25) is 0 Å². The van der Waals surface area contributed by atoms with Crippen molar-refractivity contribution >= 4 is 0 Å². The van der Waals surface area contributed by atoms with Crippen molar-refractivity contribution in [2.75, 3.05) is 0 Å². The Morgan fingerprint density at radius 2 is 2.55 bits per heavy atom. The molecule has 0 saturated carbocycles. The van der Waals surface area contributed by atoms with Gasteiger partial charge in [0.2, 0.25) is 0 Å². The summed E-state index contributed by atoms with van der Waals surface area (Å²) in [6.45, 7) is 3.06. The van der Waals surface area contributed by atoms with Gasteiger partial charge < -0.3 is 9.67 Å². The number of fused-ring (bicyclic) bond motifs is 1. The van der Waals surface area contributed by atoms with E-state index in [9.17, 15) is 5.11 Å². The first kappa shape index (κ1) is 6.85. The smallest absolute Gasteiger partial charge is 0.0981 e. The Labute approximate surface area is 65.7 Å². The molecule has 0 bridgehead atoms. The predicted octanol–water partition coefficient (Wildman–Crippen LogP) is 0.956. The highest BCUT2D eigenvalue weighted by Gasteiger charge is 2.24. The van der Waals surface area contributed by atoms with Crippen molar-refractivity contribution in [3.63, 3.8) is 0 Å². The summed E-state index contributed by atoms with van der Waals surface area (Å²) >= 11 is 0. The molecule has 0 spiro atoms. The van der Waals surface area contributed by atoms with Crippen molar-refractivity contribution in [2.24, 2.45) is 5.92 Å². The Morgan fingerprint density at radius 3 is 3.36 bits per heavy atom. The first-order valence-corrected chi connectivity index (χ1v) is 3.97. The lowest BCUT2D eigenvalue weighted by Crippen LogP contribution is -2.21. The summed E-state index contributed by atoms with van der Waals surface area (Å²) in [5, 5.41) is 9.66.